The fourth-order valence-electron chi connectivity index (χ4n) is 1.15. The minimum absolute atomic E-state index is 0.463. The average Bonchev–Trinajstić information content (AvgIpc) is 2.39. The van der Waals surface area contributed by atoms with E-state index in [0.717, 1.165) is 0 Å². The molecule has 0 bridgehead atoms. The first-order chi connectivity index (χ1) is 8.29. The van der Waals surface area contributed by atoms with Crippen LogP contribution < -0.4 is 15.1 Å². The van der Waals surface area contributed by atoms with Gasteiger partial charge in [0.1, 0.15) is 12.1 Å². The number of benzene rings is 1. The second kappa shape index (κ2) is 5.36. The van der Waals surface area contributed by atoms with Crippen molar-refractivity contribution in [3.05, 3.63) is 41.8 Å². The molecule has 0 radical (unpaired) electrons. The maximum absolute atomic E-state index is 5.97. The molecule has 0 spiro atoms. The lowest BCUT2D eigenvalue weighted by atomic mass is 10.3. The van der Waals surface area contributed by atoms with Gasteiger partial charge >= 0.3 is 0 Å². The summed E-state index contributed by atoms with van der Waals surface area (Å²) in [6.07, 6.45) is 3.02. The Kier molecular flexibility index (Phi) is 3.62. The van der Waals surface area contributed by atoms with Crippen molar-refractivity contribution < 1.29 is 9.57 Å². The molecule has 6 heteroatoms. The van der Waals surface area contributed by atoms with Gasteiger partial charge < -0.3 is 9.57 Å². The van der Waals surface area contributed by atoms with E-state index in [4.69, 9.17) is 21.2 Å². The Morgan fingerprint density at radius 3 is 2.88 bits per heavy atom. The van der Waals surface area contributed by atoms with Crippen LogP contribution in [0.3, 0.4) is 0 Å². The van der Waals surface area contributed by atoms with Crippen LogP contribution in [0, 0.1) is 0 Å². The highest BCUT2D eigenvalue weighted by Gasteiger charge is 2.04. The van der Waals surface area contributed by atoms with Crippen molar-refractivity contribution in [1.82, 2.24) is 9.97 Å². The highest BCUT2D eigenvalue weighted by Crippen LogP contribution is 2.28. The van der Waals surface area contributed by atoms with E-state index >= 15 is 0 Å². The van der Waals surface area contributed by atoms with Crippen molar-refractivity contribution in [2.75, 3.05) is 12.6 Å². The number of anilines is 1. The van der Waals surface area contributed by atoms with Gasteiger partial charge in [0.25, 0.3) is 0 Å². The van der Waals surface area contributed by atoms with Gasteiger partial charge in [0.2, 0.25) is 0 Å². The molecule has 0 aliphatic carbocycles. The van der Waals surface area contributed by atoms with E-state index in [1.54, 1.807) is 37.6 Å². The zero-order chi connectivity index (χ0) is 12.1. The smallest absolute Gasteiger partial charge is 0.177 e. The third-order valence-electron chi connectivity index (χ3n) is 1.99. The molecule has 0 aliphatic rings. The van der Waals surface area contributed by atoms with Crippen LogP contribution in [0.1, 0.15) is 0 Å². The number of methoxy groups -OCH3 is 1. The minimum Gasteiger partial charge on any atom is -0.497 e. The first-order valence-corrected chi connectivity index (χ1v) is 5.20. The van der Waals surface area contributed by atoms with Gasteiger partial charge in [0.15, 0.2) is 11.6 Å². The molecule has 0 unspecified atom stereocenters. The predicted molar refractivity (Wildman–Crippen MR) is 64.3 cm³/mol. The monoisotopic (exact) mass is 251 g/mol. The van der Waals surface area contributed by atoms with Crippen molar-refractivity contribution in [3.63, 3.8) is 0 Å². The predicted octanol–water partition coefficient (Wildman–Crippen LogP) is 2.54. The Labute approximate surface area is 103 Å². The topological polar surface area (TPSA) is 56.3 Å². The van der Waals surface area contributed by atoms with Crippen LogP contribution in [0.4, 0.5) is 5.82 Å². The first-order valence-electron chi connectivity index (χ1n) is 4.82. The van der Waals surface area contributed by atoms with Gasteiger partial charge in [0, 0.05) is 18.3 Å². The summed E-state index contributed by atoms with van der Waals surface area (Å²) in [5, 5.41) is 0.479. The summed E-state index contributed by atoms with van der Waals surface area (Å²) in [6, 6.07) is 6.79. The van der Waals surface area contributed by atoms with E-state index < -0.39 is 0 Å². The van der Waals surface area contributed by atoms with Crippen molar-refractivity contribution in [2.45, 2.75) is 0 Å². The molecule has 0 saturated heterocycles. The largest absolute Gasteiger partial charge is 0.497 e. The first kappa shape index (κ1) is 11.5. The highest BCUT2D eigenvalue weighted by atomic mass is 35.5. The van der Waals surface area contributed by atoms with E-state index in [9.17, 15) is 0 Å². The quantitative estimate of drug-likeness (QED) is 0.847. The van der Waals surface area contributed by atoms with Crippen molar-refractivity contribution in [2.24, 2.45) is 0 Å². The van der Waals surface area contributed by atoms with Gasteiger partial charge in [-0.05, 0) is 12.1 Å². The molecule has 88 valence electrons. The molecule has 5 nitrogen and oxygen atoms in total. The van der Waals surface area contributed by atoms with E-state index in [-0.39, 0.29) is 0 Å². The molecule has 2 rings (SSSR count). The Morgan fingerprint density at radius 2 is 2.18 bits per heavy atom. The number of rotatable bonds is 4. The molecule has 1 aromatic heterocycles. The normalized spacial score (nSPS) is 9.76. The van der Waals surface area contributed by atoms with Crippen molar-refractivity contribution in [3.8, 4) is 11.5 Å². The molecule has 0 fully saturated rings. The van der Waals surface area contributed by atoms with Crippen LogP contribution in [-0.4, -0.2) is 17.1 Å². The SMILES string of the molecule is COc1ccc(Cl)c(ONc2ccncn2)c1. The van der Waals surface area contributed by atoms with Crippen LogP contribution in [-0.2, 0) is 0 Å². The summed E-state index contributed by atoms with van der Waals surface area (Å²) in [6.45, 7) is 0. The third-order valence-corrected chi connectivity index (χ3v) is 2.30. The second-order valence-corrected chi connectivity index (χ2v) is 3.50. The summed E-state index contributed by atoms with van der Waals surface area (Å²) >= 11 is 5.97. The Hall–Kier alpha value is -2.01. The lowest BCUT2D eigenvalue weighted by Gasteiger charge is -2.09. The van der Waals surface area contributed by atoms with Gasteiger partial charge in [-0.3, -0.25) is 0 Å². The van der Waals surface area contributed by atoms with E-state index in [1.807, 2.05) is 0 Å². The molecule has 0 saturated carbocycles. The molecular weight excluding hydrogens is 242 g/mol. The number of aromatic nitrogens is 2. The van der Waals surface area contributed by atoms with Gasteiger partial charge in [0.05, 0.1) is 12.1 Å². The molecule has 0 atom stereocenters. The number of hydrogen-bond donors (Lipinski definition) is 1. The van der Waals surface area contributed by atoms with Crippen LogP contribution in [0.15, 0.2) is 36.8 Å². The summed E-state index contributed by atoms with van der Waals surface area (Å²) in [5.74, 6) is 1.66. The molecule has 1 heterocycles. The molecular formula is C11H10ClN3O2. The molecule has 1 aromatic carbocycles. The van der Waals surface area contributed by atoms with Gasteiger partial charge in [-0.2, -0.15) is 0 Å². The van der Waals surface area contributed by atoms with Crippen LogP contribution in [0.2, 0.25) is 5.02 Å². The third kappa shape index (κ3) is 2.98. The highest BCUT2D eigenvalue weighted by molar-refractivity contribution is 6.32. The van der Waals surface area contributed by atoms with Crippen molar-refractivity contribution in [1.29, 1.82) is 0 Å². The lowest BCUT2D eigenvalue weighted by Crippen LogP contribution is -2.06. The van der Waals surface area contributed by atoms with Gasteiger partial charge in [-0.1, -0.05) is 11.6 Å². The second-order valence-electron chi connectivity index (χ2n) is 3.10. The Bertz CT molecular complexity index is 493. The maximum Gasteiger partial charge on any atom is 0.177 e. The van der Waals surface area contributed by atoms with Crippen LogP contribution in [0.5, 0.6) is 11.5 Å². The van der Waals surface area contributed by atoms with Crippen LogP contribution >= 0.6 is 11.6 Å². The minimum atomic E-state index is 0.463. The Balaban J connectivity index is 2.08. The molecule has 17 heavy (non-hydrogen) atoms. The summed E-state index contributed by atoms with van der Waals surface area (Å²) < 4.78 is 5.07. The molecule has 0 amide bonds. The lowest BCUT2D eigenvalue weighted by molar-refractivity contribution is 0.388. The van der Waals surface area contributed by atoms with E-state index in [1.165, 1.54) is 6.33 Å². The number of ether oxygens (including phenoxy) is 1. The van der Waals surface area contributed by atoms with E-state index in [0.29, 0.717) is 22.3 Å². The van der Waals surface area contributed by atoms with E-state index in [2.05, 4.69) is 15.4 Å². The summed E-state index contributed by atoms with van der Waals surface area (Å²) in [5.41, 5.74) is 2.66. The molecule has 0 aliphatic heterocycles. The average molecular weight is 252 g/mol. The standard InChI is InChI=1S/C11H10ClN3O2/c1-16-8-2-3-9(12)10(6-8)17-15-11-4-5-13-7-14-11/h2-7H,1H3,(H,13,14,15). The summed E-state index contributed by atoms with van der Waals surface area (Å²) in [7, 11) is 1.57. The van der Waals surface area contributed by atoms with Crippen LogP contribution in [0.25, 0.3) is 0 Å². The van der Waals surface area contributed by atoms with Crippen molar-refractivity contribution >= 4 is 17.4 Å². The molecule has 2 aromatic rings. The number of hydrogen-bond acceptors (Lipinski definition) is 5. The fraction of sp³-hybridized carbons (Fsp3) is 0.0909. The zero-order valence-electron chi connectivity index (χ0n) is 9.05. The number of halogens is 1. The van der Waals surface area contributed by atoms with Gasteiger partial charge in [-0.25, -0.2) is 15.4 Å². The zero-order valence-corrected chi connectivity index (χ0v) is 9.81. The maximum atomic E-state index is 5.97. The summed E-state index contributed by atoms with van der Waals surface area (Å²) in [4.78, 5) is 13.1. The number of nitrogens with one attached hydrogen (secondary N) is 1. The number of nitrogens with zero attached hydrogens (tertiary/aromatic N) is 2. The Morgan fingerprint density at radius 1 is 1.29 bits per heavy atom. The fourth-order valence-corrected chi connectivity index (χ4v) is 1.30. The van der Waals surface area contributed by atoms with Gasteiger partial charge in [-0.15, -0.1) is 0 Å². The molecule has 1 N–H and O–H groups in total.